The lowest BCUT2D eigenvalue weighted by Gasteiger charge is -2.35. The van der Waals surface area contributed by atoms with Crippen LogP contribution in [0.25, 0.3) is 0 Å². The van der Waals surface area contributed by atoms with E-state index in [4.69, 9.17) is 0 Å². The molecule has 0 aromatic heterocycles. The summed E-state index contributed by atoms with van der Waals surface area (Å²) in [5.74, 6) is 3.05. The monoisotopic (exact) mass is 235 g/mol. The standard InChI is InChI=1S/C15H25NO/c1-11-4-2-3-7-16(11)15(17)10-14-9-12-5-6-13(14)8-12/h11-14H,2-10H2,1H3/t11-,12+,13+,14-/m1/s1. The van der Waals surface area contributed by atoms with Crippen molar-refractivity contribution in [3.8, 4) is 0 Å². The summed E-state index contributed by atoms with van der Waals surface area (Å²) >= 11 is 0. The van der Waals surface area contributed by atoms with Gasteiger partial charge < -0.3 is 4.90 Å². The molecule has 0 aromatic carbocycles. The van der Waals surface area contributed by atoms with Crippen molar-refractivity contribution in [3.05, 3.63) is 0 Å². The van der Waals surface area contributed by atoms with Gasteiger partial charge in [0.05, 0.1) is 0 Å². The second-order valence-electron chi connectivity index (χ2n) is 6.57. The second-order valence-corrected chi connectivity index (χ2v) is 6.57. The summed E-state index contributed by atoms with van der Waals surface area (Å²) in [7, 11) is 0. The minimum atomic E-state index is 0.453. The Balaban J connectivity index is 1.56. The van der Waals surface area contributed by atoms with Gasteiger partial charge in [0.2, 0.25) is 5.91 Å². The van der Waals surface area contributed by atoms with Crippen molar-refractivity contribution >= 4 is 5.91 Å². The van der Waals surface area contributed by atoms with Gasteiger partial charge in [-0.25, -0.2) is 0 Å². The van der Waals surface area contributed by atoms with Crippen molar-refractivity contribution in [1.82, 2.24) is 4.90 Å². The van der Waals surface area contributed by atoms with E-state index in [0.717, 1.165) is 30.7 Å². The van der Waals surface area contributed by atoms with E-state index in [-0.39, 0.29) is 0 Å². The molecule has 17 heavy (non-hydrogen) atoms. The van der Waals surface area contributed by atoms with Gasteiger partial charge in [-0.05, 0) is 63.2 Å². The first-order valence-electron chi connectivity index (χ1n) is 7.53. The van der Waals surface area contributed by atoms with Gasteiger partial charge >= 0.3 is 0 Å². The van der Waals surface area contributed by atoms with E-state index in [1.807, 2.05) is 0 Å². The van der Waals surface area contributed by atoms with Crippen molar-refractivity contribution in [2.24, 2.45) is 17.8 Å². The highest BCUT2D eigenvalue weighted by molar-refractivity contribution is 5.77. The Morgan fingerprint density at radius 3 is 2.71 bits per heavy atom. The van der Waals surface area contributed by atoms with Gasteiger partial charge in [0, 0.05) is 19.0 Å². The van der Waals surface area contributed by atoms with Crippen molar-refractivity contribution in [1.29, 1.82) is 0 Å². The third-order valence-electron chi connectivity index (χ3n) is 5.44. The fourth-order valence-electron chi connectivity index (χ4n) is 4.44. The Morgan fingerprint density at radius 2 is 2.06 bits per heavy atom. The number of fused-ring (bicyclic) bond motifs is 2. The van der Waals surface area contributed by atoms with E-state index >= 15 is 0 Å². The minimum absolute atomic E-state index is 0.453. The molecule has 3 rings (SSSR count). The third kappa shape index (κ3) is 2.23. The summed E-state index contributed by atoms with van der Waals surface area (Å²) in [6.45, 7) is 3.23. The van der Waals surface area contributed by atoms with Crippen LogP contribution >= 0.6 is 0 Å². The molecule has 1 amide bonds. The molecular formula is C15H25NO. The maximum atomic E-state index is 12.4. The predicted molar refractivity (Wildman–Crippen MR) is 68.6 cm³/mol. The number of rotatable bonds is 2. The number of piperidine rings is 1. The number of likely N-dealkylation sites (tertiary alicyclic amines) is 1. The minimum Gasteiger partial charge on any atom is -0.340 e. The van der Waals surface area contributed by atoms with Crippen LogP contribution in [0.1, 0.15) is 58.3 Å². The number of carbonyl (C=O) groups excluding carboxylic acids is 1. The first kappa shape index (κ1) is 11.6. The molecule has 0 N–H and O–H groups in total. The van der Waals surface area contributed by atoms with Crippen LogP contribution in [0.2, 0.25) is 0 Å². The van der Waals surface area contributed by atoms with Crippen LogP contribution in [0.15, 0.2) is 0 Å². The lowest BCUT2D eigenvalue weighted by molar-refractivity contribution is -0.135. The summed E-state index contributed by atoms with van der Waals surface area (Å²) in [6, 6.07) is 0.495. The van der Waals surface area contributed by atoms with Crippen LogP contribution in [-0.4, -0.2) is 23.4 Å². The number of hydrogen-bond donors (Lipinski definition) is 0. The van der Waals surface area contributed by atoms with E-state index < -0.39 is 0 Å². The molecule has 1 saturated heterocycles. The van der Waals surface area contributed by atoms with Crippen molar-refractivity contribution in [2.75, 3.05) is 6.54 Å². The molecule has 96 valence electrons. The van der Waals surface area contributed by atoms with Gasteiger partial charge in [-0.2, -0.15) is 0 Å². The SMILES string of the molecule is C[C@@H]1CCCCN1C(=O)C[C@H]1C[C@H]2CC[C@H]1C2. The Morgan fingerprint density at radius 1 is 1.18 bits per heavy atom. The smallest absolute Gasteiger partial charge is 0.223 e. The van der Waals surface area contributed by atoms with Gasteiger partial charge in [0.25, 0.3) is 0 Å². The summed E-state index contributed by atoms with van der Waals surface area (Å²) in [5, 5.41) is 0. The molecule has 0 unspecified atom stereocenters. The number of amides is 1. The van der Waals surface area contributed by atoms with Gasteiger partial charge in [-0.3, -0.25) is 4.79 Å². The molecule has 2 nitrogen and oxygen atoms in total. The second kappa shape index (κ2) is 4.62. The molecule has 0 spiro atoms. The highest BCUT2D eigenvalue weighted by atomic mass is 16.2. The third-order valence-corrected chi connectivity index (χ3v) is 5.44. The van der Waals surface area contributed by atoms with Crippen molar-refractivity contribution in [3.63, 3.8) is 0 Å². The van der Waals surface area contributed by atoms with Gasteiger partial charge in [0.1, 0.15) is 0 Å². The molecule has 2 bridgehead atoms. The molecule has 1 heterocycles. The quantitative estimate of drug-likeness (QED) is 0.719. The predicted octanol–water partition coefficient (Wildman–Crippen LogP) is 3.21. The summed E-state index contributed by atoms with van der Waals surface area (Å²) in [6.07, 6.45) is 10.2. The summed E-state index contributed by atoms with van der Waals surface area (Å²) in [4.78, 5) is 14.5. The fraction of sp³-hybridized carbons (Fsp3) is 0.933. The first-order valence-corrected chi connectivity index (χ1v) is 7.53. The van der Waals surface area contributed by atoms with E-state index in [1.165, 1.54) is 44.9 Å². The maximum Gasteiger partial charge on any atom is 0.223 e. The molecular weight excluding hydrogens is 210 g/mol. The molecule has 2 heteroatoms. The van der Waals surface area contributed by atoms with E-state index in [2.05, 4.69) is 11.8 Å². The fourth-order valence-corrected chi connectivity index (χ4v) is 4.44. The first-order chi connectivity index (χ1) is 8.24. The molecule has 0 aromatic rings. The largest absolute Gasteiger partial charge is 0.340 e. The molecule has 4 atom stereocenters. The number of nitrogens with zero attached hydrogens (tertiary/aromatic N) is 1. The van der Waals surface area contributed by atoms with Gasteiger partial charge in [-0.15, -0.1) is 0 Å². The van der Waals surface area contributed by atoms with E-state index in [1.54, 1.807) is 0 Å². The van der Waals surface area contributed by atoms with Crippen LogP contribution in [0.5, 0.6) is 0 Å². The van der Waals surface area contributed by atoms with Gasteiger partial charge in [0.15, 0.2) is 0 Å². The zero-order chi connectivity index (χ0) is 11.8. The van der Waals surface area contributed by atoms with E-state index in [9.17, 15) is 4.79 Å². The van der Waals surface area contributed by atoms with Crippen LogP contribution in [0, 0.1) is 17.8 Å². The topological polar surface area (TPSA) is 20.3 Å². The number of carbonyl (C=O) groups is 1. The molecule has 2 aliphatic carbocycles. The number of hydrogen-bond acceptors (Lipinski definition) is 1. The Kier molecular flexibility index (Phi) is 3.14. The Hall–Kier alpha value is -0.530. The molecule has 3 aliphatic rings. The lowest BCUT2D eigenvalue weighted by atomic mass is 9.86. The molecule has 0 radical (unpaired) electrons. The average molecular weight is 235 g/mol. The van der Waals surface area contributed by atoms with E-state index in [0.29, 0.717) is 11.9 Å². The van der Waals surface area contributed by atoms with Crippen LogP contribution in [0.3, 0.4) is 0 Å². The zero-order valence-electron chi connectivity index (χ0n) is 11.0. The van der Waals surface area contributed by atoms with Crippen LogP contribution < -0.4 is 0 Å². The Bertz CT molecular complexity index is 301. The summed E-state index contributed by atoms with van der Waals surface area (Å²) in [5.41, 5.74) is 0. The molecule has 3 fully saturated rings. The van der Waals surface area contributed by atoms with Crippen LogP contribution in [-0.2, 0) is 4.79 Å². The highest BCUT2D eigenvalue weighted by Crippen LogP contribution is 2.49. The molecule has 1 aliphatic heterocycles. The van der Waals surface area contributed by atoms with Gasteiger partial charge in [-0.1, -0.05) is 6.42 Å². The molecule has 2 saturated carbocycles. The van der Waals surface area contributed by atoms with Crippen LogP contribution in [0.4, 0.5) is 0 Å². The van der Waals surface area contributed by atoms with Crippen molar-refractivity contribution in [2.45, 2.75) is 64.3 Å². The normalized spacial score (nSPS) is 40.9. The maximum absolute atomic E-state index is 12.4. The summed E-state index contributed by atoms with van der Waals surface area (Å²) < 4.78 is 0. The lowest BCUT2D eigenvalue weighted by Crippen LogP contribution is -2.42. The highest BCUT2D eigenvalue weighted by Gasteiger charge is 2.41. The average Bonchev–Trinajstić information content (AvgIpc) is 2.91. The Labute approximate surface area is 105 Å². The zero-order valence-corrected chi connectivity index (χ0v) is 11.0. The van der Waals surface area contributed by atoms with Crippen molar-refractivity contribution < 1.29 is 4.79 Å².